The van der Waals surface area contributed by atoms with E-state index in [0.717, 1.165) is 16.9 Å². The molecule has 0 radical (unpaired) electrons. The lowest BCUT2D eigenvalue weighted by Crippen LogP contribution is -2.51. The van der Waals surface area contributed by atoms with Crippen LogP contribution in [0.2, 0.25) is 0 Å². The number of hydrogen-bond donors (Lipinski definition) is 2. The molecule has 0 bridgehead atoms. The molecule has 7 heteroatoms. The highest BCUT2D eigenvalue weighted by Gasteiger charge is 2.34. The molecule has 2 atom stereocenters. The van der Waals surface area contributed by atoms with Gasteiger partial charge in [0.2, 0.25) is 11.8 Å². The van der Waals surface area contributed by atoms with Gasteiger partial charge in [-0.25, -0.2) is 0 Å². The predicted octanol–water partition coefficient (Wildman–Crippen LogP) is 3.34. The first-order valence-electron chi connectivity index (χ1n) is 11.2. The second-order valence-corrected chi connectivity index (χ2v) is 8.23. The van der Waals surface area contributed by atoms with Crippen LogP contribution in [0, 0.1) is 0 Å². The highest BCUT2D eigenvalue weighted by Crippen LogP contribution is 2.27. The van der Waals surface area contributed by atoms with Gasteiger partial charge in [0.15, 0.2) is 0 Å². The minimum Gasteiger partial charge on any atom is -0.497 e. The van der Waals surface area contributed by atoms with Crippen molar-refractivity contribution in [2.45, 2.75) is 25.1 Å². The zero-order valence-electron chi connectivity index (χ0n) is 19.0. The van der Waals surface area contributed by atoms with Crippen molar-refractivity contribution in [2.24, 2.45) is 0 Å². The molecule has 176 valence electrons. The maximum absolute atomic E-state index is 12.6. The fraction of sp³-hybridized carbons (Fsp3) is 0.259. The third kappa shape index (κ3) is 5.81. The first-order valence-corrected chi connectivity index (χ1v) is 11.2. The number of benzene rings is 3. The monoisotopic (exact) mass is 460 g/mol. The number of amides is 2. The van der Waals surface area contributed by atoms with Gasteiger partial charge >= 0.3 is 0 Å². The molecule has 2 unspecified atom stereocenters. The molecule has 0 spiro atoms. The van der Waals surface area contributed by atoms with Gasteiger partial charge in [0.25, 0.3) is 0 Å². The summed E-state index contributed by atoms with van der Waals surface area (Å²) in [6, 6.07) is 23.5. The Hall–Kier alpha value is -3.68. The molecule has 1 aliphatic heterocycles. The maximum Gasteiger partial charge on any atom is 0.249 e. The summed E-state index contributed by atoms with van der Waals surface area (Å²) in [6.45, 7) is 0.589. The van der Waals surface area contributed by atoms with Crippen molar-refractivity contribution < 1.29 is 24.2 Å². The number of hydrogen-bond acceptors (Lipinski definition) is 5. The molecule has 34 heavy (non-hydrogen) atoms. The van der Waals surface area contributed by atoms with Gasteiger partial charge in [-0.2, -0.15) is 0 Å². The van der Waals surface area contributed by atoms with E-state index in [1.54, 1.807) is 36.3 Å². The van der Waals surface area contributed by atoms with Gasteiger partial charge in [0.05, 0.1) is 26.2 Å². The Morgan fingerprint density at radius 1 is 1.06 bits per heavy atom. The maximum atomic E-state index is 12.6. The van der Waals surface area contributed by atoms with E-state index in [4.69, 9.17) is 9.47 Å². The number of methoxy groups -OCH3 is 1. The molecule has 0 saturated carbocycles. The number of morpholine rings is 1. The fourth-order valence-corrected chi connectivity index (χ4v) is 3.99. The van der Waals surface area contributed by atoms with Crippen molar-refractivity contribution in [1.29, 1.82) is 0 Å². The fourth-order valence-electron chi connectivity index (χ4n) is 3.99. The van der Waals surface area contributed by atoms with E-state index in [9.17, 15) is 14.7 Å². The van der Waals surface area contributed by atoms with Crippen molar-refractivity contribution in [1.82, 2.24) is 4.90 Å². The number of ether oxygens (including phenoxy) is 2. The van der Waals surface area contributed by atoms with Crippen molar-refractivity contribution in [3.8, 4) is 5.75 Å². The van der Waals surface area contributed by atoms with Crippen LogP contribution in [-0.2, 0) is 27.3 Å². The van der Waals surface area contributed by atoms with E-state index in [0.29, 0.717) is 17.8 Å². The zero-order valence-corrected chi connectivity index (χ0v) is 19.0. The Bertz CT molecular complexity index is 1100. The van der Waals surface area contributed by atoms with E-state index in [-0.39, 0.29) is 31.4 Å². The summed E-state index contributed by atoms with van der Waals surface area (Å²) in [5, 5.41) is 14.0. The van der Waals surface area contributed by atoms with Crippen molar-refractivity contribution in [3.63, 3.8) is 0 Å². The van der Waals surface area contributed by atoms with Gasteiger partial charge in [0.1, 0.15) is 18.5 Å². The lowest BCUT2D eigenvalue weighted by atomic mass is 9.99. The standard InChI is InChI=1S/C27H28N2O5/c1-33-23-13-7-20(8-14-23)16-29-24(17-34-18-26(29)31)27(32)21-9-11-22(12-10-21)28-25(30)15-19-5-3-2-4-6-19/h2-14,24,27,32H,15-18H2,1H3,(H,28,30). The molecular weight excluding hydrogens is 432 g/mol. The van der Waals surface area contributed by atoms with Crippen LogP contribution in [0.4, 0.5) is 5.69 Å². The molecule has 1 heterocycles. The SMILES string of the molecule is COc1ccc(CN2C(=O)COCC2C(O)c2ccc(NC(=O)Cc3ccccc3)cc2)cc1. The van der Waals surface area contributed by atoms with Crippen LogP contribution in [0.3, 0.4) is 0 Å². The highest BCUT2D eigenvalue weighted by atomic mass is 16.5. The summed E-state index contributed by atoms with van der Waals surface area (Å²) in [5.41, 5.74) is 3.16. The molecule has 3 aromatic carbocycles. The summed E-state index contributed by atoms with van der Waals surface area (Å²) in [4.78, 5) is 26.6. The molecule has 1 aliphatic rings. The smallest absolute Gasteiger partial charge is 0.249 e. The topological polar surface area (TPSA) is 88.1 Å². The van der Waals surface area contributed by atoms with Crippen LogP contribution in [0.1, 0.15) is 22.8 Å². The first-order chi connectivity index (χ1) is 16.5. The average molecular weight is 461 g/mol. The van der Waals surface area contributed by atoms with Gasteiger partial charge in [-0.1, -0.05) is 54.6 Å². The molecule has 4 rings (SSSR count). The van der Waals surface area contributed by atoms with E-state index in [1.165, 1.54) is 0 Å². The molecule has 2 N–H and O–H groups in total. The lowest BCUT2D eigenvalue weighted by Gasteiger charge is -2.38. The van der Waals surface area contributed by atoms with E-state index in [2.05, 4.69) is 5.32 Å². The van der Waals surface area contributed by atoms with Crippen LogP contribution in [0.5, 0.6) is 5.75 Å². The number of nitrogens with one attached hydrogen (secondary N) is 1. The Morgan fingerprint density at radius 2 is 1.76 bits per heavy atom. The highest BCUT2D eigenvalue weighted by molar-refractivity contribution is 5.92. The molecule has 1 fully saturated rings. The minimum absolute atomic E-state index is 0.00818. The molecular formula is C27H28N2O5. The normalized spacial score (nSPS) is 16.7. The molecule has 1 saturated heterocycles. The van der Waals surface area contributed by atoms with Crippen molar-refractivity contribution in [2.75, 3.05) is 25.6 Å². The number of carbonyl (C=O) groups is 2. The van der Waals surface area contributed by atoms with E-state index < -0.39 is 12.1 Å². The number of aliphatic hydroxyl groups excluding tert-OH is 1. The largest absolute Gasteiger partial charge is 0.497 e. The van der Waals surface area contributed by atoms with Gasteiger partial charge in [-0.05, 0) is 41.0 Å². The van der Waals surface area contributed by atoms with E-state index >= 15 is 0 Å². The Labute approximate surface area is 198 Å². The second kappa shape index (κ2) is 11.0. The third-order valence-corrected chi connectivity index (χ3v) is 5.85. The number of carbonyl (C=O) groups excluding carboxylic acids is 2. The van der Waals surface area contributed by atoms with Crippen LogP contribution in [0.25, 0.3) is 0 Å². The number of rotatable bonds is 8. The van der Waals surface area contributed by atoms with Gasteiger partial charge in [0, 0.05) is 12.2 Å². The average Bonchev–Trinajstić information content (AvgIpc) is 2.86. The number of anilines is 1. The Kier molecular flexibility index (Phi) is 7.57. The Balaban J connectivity index is 1.41. The summed E-state index contributed by atoms with van der Waals surface area (Å²) in [7, 11) is 1.60. The molecule has 0 aromatic heterocycles. The van der Waals surface area contributed by atoms with Gasteiger partial charge < -0.3 is 24.8 Å². The number of aliphatic hydroxyl groups is 1. The van der Waals surface area contributed by atoms with E-state index in [1.807, 2.05) is 54.6 Å². The first kappa shape index (κ1) is 23.5. The van der Waals surface area contributed by atoms with Gasteiger partial charge in [-0.3, -0.25) is 9.59 Å². The predicted molar refractivity (Wildman–Crippen MR) is 128 cm³/mol. The summed E-state index contributed by atoms with van der Waals surface area (Å²) < 4.78 is 10.6. The quantitative estimate of drug-likeness (QED) is 0.538. The van der Waals surface area contributed by atoms with Crippen molar-refractivity contribution in [3.05, 3.63) is 95.6 Å². The molecule has 3 aromatic rings. The minimum atomic E-state index is -0.934. The van der Waals surface area contributed by atoms with Crippen molar-refractivity contribution >= 4 is 17.5 Å². The van der Waals surface area contributed by atoms with Crippen LogP contribution in [0.15, 0.2) is 78.9 Å². The Morgan fingerprint density at radius 3 is 2.44 bits per heavy atom. The number of nitrogens with zero attached hydrogens (tertiary/aromatic N) is 1. The van der Waals surface area contributed by atoms with Gasteiger partial charge in [-0.15, -0.1) is 0 Å². The zero-order chi connectivity index (χ0) is 23.9. The molecule has 7 nitrogen and oxygen atoms in total. The molecule has 2 amide bonds. The van der Waals surface area contributed by atoms with Crippen LogP contribution < -0.4 is 10.1 Å². The third-order valence-electron chi connectivity index (χ3n) is 5.85. The summed E-state index contributed by atoms with van der Waals surface area (Å²) in [5.74, 6) is 0.456. The van der Waals surface area contributed by atoms with Crippen LogP contribution in [-0.4, -0.2) is 48.2 Å². The summed E-state index contributed by atoms with van der Waals surface area (Å²) >= 11 is 0. The lowest BCUT2D eigenvalue weighted by molar-refractivity contribution is -0.155. The summed E-state index contributed by atoms with van der Waals surface area (Å²) in [6.07, 6.45) is -0.649. The van der Waals surface area contributed by atoms with Crippen LogP contribution >= 0.6 is 0 Å². The molecule has 0 aliphatic carbocycles. The second-order valence-electron chi connectivity index (χ2n) is 8.23.